The number of nitrogen functional groups attached to an aromatic ring is 1. The molecule has 0 fully saturated rings. The number of anilines is 1. The van der Waals surface area contributed by atoms with Crippen molar-refractivity contribution in [2.45, 2.75) is 6.92 Å². The number of nitrogens with one attached hydrogen (secondary N) is 1. The van der Waals surface area contributed by atoms with Crippen LogP contribution in [0.2, 0.25) is 0 Å². The first-order valence-corrected chi connectivity index (χ1v) is 4.53. The molecular formula is C10H12N4O. The highest BCUT2D eigenvalue weighted by Gasteiger charge is 2.10. The van der Waals surface area contributed by atoms with Crippen LogP contribution in [0.25, 0.3) is 11.4 Å². The highest BCUT2D eigenvalue weighted by Crippen LogP contribution is 2.29. The van der Waals surface area contributed by atoms with Gasteiger partial charge in [-0.05, 0) is 25.1 Å². The second-order valence-electron chi connectivity index (χ2n) is 3.20. The van der Waals surface area contributed by atoms with Gasteiger partial charge in [-0.1, -0.05) is 0 Å². The Hall–Kier alpha value is -2.04. The van der Waals surface area contributed by atoms with E-state index in [1.54, 1.807) is 25.3 Å². The molecule has 0 unspecified atom stereocenters. The minimum Gasteiger partial charge on any atom is -0.496 e. The van der Waals surface area contributed by atoms with Crippen LogP contribution in [0.15, 0.2) is 18.2 Å². The number of aromatic nitrogens is 3. The van der Waals surface area contributed by atoms with Crippen molar-refractivity contribution in [1.29, 1.82) is 0 Å². The molecule has 5 heteroatoms. The van der Waals surface area contributed by atoms with Gasteiger partial charge in [-0.25, -0.2) is 4.98 Å². The fraction of sp³-hybridized carbons (Fsp3) is 0.200. The van der Waals surface area contributed by atoms with Crippen molar-refractivity contribution >= 4 is 5.69 Å². The number of benzene rings is 1. The van der Waals surface area contributed by atoms with Gasteiger partial charge in [-0.2, -0.15) is 5.10 Å². The van der Waals surface area contributed by atoms with E-state index in [1.807, 2.05) is 6.92 Å². The fourth-order valence-corrected chi connectivity index (χ4v) is 1.36. The van der Waals surface area contributed by atoms with E-state index in [1.165, 1.54) is 0 Å². The summed E-state index contributed by atoms with van der Waals surface area (Å²) in [6.07, 6.45) is 0. The molecule has 78 valence electrons. The zero-order valence-corrected chi connectivity index (χ0v) is 8.61. The molecule has 0 bridgehead atoms. The van der Waals surface area contributed by atoms with E-state index in [4.69, 9.17) is 10.5 Å². The minimum absolute atomic E-state index is 0.594. The summed E-state index contributed by atoms with van der Waals surface area (Å²) in [6.45, 7) is 1.84. The summed E-state index contributed by atoms with van der Waals surface area (Å²) in [5.74, 6) is 2.06. The molecule has 1 heterocycles. The highest BCUT2D eigenvalue weighted by molar-refractivity contribution is 5.68. The van der Waals surface area contributed by atoms with Crippen molar-refractivity contribution in [1.82, 2.24) is 15.2 Å². The van der Waals surface area contributed by atoms with Crippen molar-refractivity contribution in [3.63, 3.8) is 0 Å². The van der Waals surface area contributed by atoms with Gasteiger partial charge in [0.25, 0.3) is 0 Å². The van der Waals surface area contributed by atoms with Crippen LogP contribution >= 0.6 is 0 Å². The number of aromatic amines is 1. The first-order valence-electron chi connectivity index (χ1n) is 4.53. The van der Waals surface area contributed by atoms with Gasteiger partial charge in [-0.15, -0.1) is 0 Å². The molecule has 15 heavy (non-hydrogen) atoms. The Bertz CT molecular complexity index is 478. The maximum absolute atomic E-state index is 5.71. The van der Waals surface area contributed by atoms with E-state index in [2.05, 4.69) is 15.2 Å². The van der Waals surface area contributed by atoms with E-state index in [9.17, 15) is 0 Å². The van der Waals surface area contributed by atoms with Crippen LogP contribution in [0.4, 0.5) is 5.69 Å². The van der Waals surface area contributed by atoms with Gasteiger partial charge in [0, 0.05) is 5.69 Å². The first kappa shape index (κ1) is 9.51. The molecule has 1 aromatic heterocycles. The first-order chi connectivity index (χ1) is 7.20. The Kier molecular flexibility index (Phi) is 2.29. The molecule has 0 spiro atoms. The SMILES string of the molecule is COc1ccc(N)cc1-c1n[nH]c(C)n1. The summed E-state index contributed by atoms with van der Waals surface area (Å²) < 4.78 is 5.21. The monoisotopic (exact) mass is 204 g/mol. The van der Waals surface area contributed by atoms with E-state index in [0.29, 0.717) is 17.3 Å². The van der Waals surface area contributed by atoms with Gasteiger partial charge in [0.2, 0.25) is 0 Å². The number of hydrogen-bond donors (Lipinski definition) is 2. The second kappa shape index (κ2) is 3.61. The molecule has 0 aliphatic heterocycles. The highest BCUT2D eigenvalue weighted by atomic mass is 16.5. The van der Waals surface area contributed by atoms with Crippen LogP contribution in [0, 0.1) is 6.92 Å². The molecule has 0 amide bonds. The third-order valence-corrected chi connectivity index (χ3v) is 2.06. The number of nitrogens with two attached hydrogens (primary N) is 1. The van der Waals surface area contributed by atoms with Crippen molar-refractivity contribution in [2.75, 3.05) is 12.8 Å². The molecule has 0 aliphatic carbocycles. The lowest BCUT2D eigenvalue weighted by Crippen LogP contribution is -1.92. The van der Waals surface area contributed by atoms with E-state index in [0.717, 1.165) is 11.4 Å². The Balaban J connectivity index is 2.55. The predicted octanol–water partition coefficient (Wildman–Crippen LogP) is 1.37. The van der Waals surface area contributed by atoms with Crippen LogP contribution in [-0.4, -0.2) is 22.3 Å². The van der Waals surface area contributed by atoms with Gasteiger partial charge in [-0.3, -0.25) is 5.10 Å². The topological polar surface area (TPSA) is 76.8 Å². The molecule has 0 atom stereocenters. The summed E-state index contributed by atoms with van der Waals surface area (Å²) in [5, 5.41) is 6.84. The summed E-state index contributed by atoms with van der Waals surface area (Å²) in [5.41, 5.74) is 7.16. The Morgan fingerprint density at radius 3 is 2.80 bits per heavy atom. The smallest absolute Gasteiger partial charge is 0.184 e. The van der Waals surface area contributed by atoms with Gasteiger partial charge >= 0.3 is 0 Å². The van der Waals surface area contributed by atoms with E-state index >= 15 is 0 Å². The lowest BCUT2D eigenvalue weighted by molar-refractivity contribution is 0.416. The average molecular weight is 204 g/mol. The van der Waals surface area contributed by atoms with E-state index < -0.39 is 0 Å². The summed E-state index contributed by atoms with van der Waals surface area (Å²) in [7, 11) is 1.61. The van der Waals surface area contributed by atoms with Crippen molar-refractivity contribution in [3.8, 4) is 17.1 Å². The Labute approximate surface area is 87.3 Å². The van der Waals surface area contributed by atoms with Crippen LogP contribution < -0.4 is 10.5 Å². The lowest BCUT2D eigenvalue weighted by Gasteiger charge is -2.05. The zero-order chi connectivity index (χ0) is 10.8. The molecular weight excluding hydrogens is 192 g/mol. The third-order valence-electron chi connectivity index (χ3n) is 2.06. The predicted molar refractivity (Wildman–Crippen MR) is 57.5 cm³/mol. The average Bonchev–Trinajstić information content (AvgIpc) is 2.65. The minimum atomic E-state index is 0.594. The standard InChI is InChI=1S/C10H12N4O/c1-6-12-10(14-13-6)8-5-7(11)3-4-9(8)15-2/h3-5H,11H2,1-2H3,(H,12,13,14). The Morgan fingerprint density at radius 2 is 2.20 bits per heavy atom. The molecule has 2 rings (SSSR count). The van der Waals surface area contributed by atoms with Gasteiger partial charge in [0.1, 0.15) is 11.6 Å². The largest absolute Gasteiger partial charge is 0.496 e. The summed E-state index contributed by atoms with van der Waals surface area (Å²) >= 11 is 0. The molecule has 5 nitrogen and oxygen atoms in total. The Morgan fingerprint density at radius 1 is 1.40 bits per heavy atom. The van der Waals surface area contributed by atoms with Crippen molar-refractivity contribution in [2.24, 2.45) is 0 Å². The number of nitrogens with zero attached hydrogens (tertiary/aromatic N) is 2. The second-order valence-corrected chi connectivity index (χ2v) is 3.20. The quantitative estimate of drug-likeness (QED) is 0.724. The zero-order valence-electron chi connectivity index (χ0n) is 8.61. The maximum atomic E-state index is 5.71. The normalized spacial score (nSPS) is 10.3. The number of H-pyrrole nitrogens is 1. The van der Waals surface area contributed by atoms with Gasteiger partial charge < -0.3 is 10.5 Å². The molecule has 0 aliphatic rings. The number of hydrogen-bond acceptors (Lipinski definition) is 4. The number of methoxy groups -OCH3 is 1. The van der Waals surface area contributed by atoms with Crippen LogP contribution in [-0.2, 0) is 0 Å². The lowest BCUT2D eigenvalue weighted by atomic mass is 10.1. The molecule has 0 saturated carbocycles. The van der Waals surface area contributed by atoms with Crippen LogP contribution in [0.5, 0.6) is 5.75 Å². The van der Waals surface area contributed by atoms with Gasteiger partial charge in [0.05, 0.1) is 12.7 Å². The van der Waals surface area contributed by atoms with Crippen LogP contribution in [0.3, 0.4) is 0 Å². The molecule has 0 saturated heterocycles. The summed E-state index contributed by atoms with van der Waals surface area (Å²) in [4.78, 5) is 4.23. The molecule has 1 aromatic carbocycles. The molecule has 0 radical (unpaired) electrons. The van der Waals surface area contributed by atoms with Gasteiger partial charge in [0.15, 0.2) is 5.82 Å². The number of aryl methyl sites for hydroxylation is 1. The fourth-order valence-electron chi connectivity index (χ4n) is 1.36. The maximum Gasteiger partial charge on any atom is 0.184 e. The molecule has 3 N–H and O–H groups in total. The molecule has 2 aromatic rings. The van der Waals surface area contributed by atoms with Crippen LogP contribution in [0.1, 0.15) is 5.82 Å². The van der Waals surface area contributed by atoms with E-state index in [-0.39, 0.29) is 0 Å². The number of rotatable bonds is 2. The number of ether oxygens (including phenoxy) is 1. The third kappa shape index (κ3) is 1.76. The van der Waals surface area contributed by atoms with Crippen molar-refractivity contribution < 1.29 is 4.74 Å². The summed E-state index contributed by atoms with van der Waals surface area (Å²) in [6, 6.07) is 5.37. The van der Waals surface area contributed by atoms with Crippen molar-refractivity contribution in [3.05, 3.63) is 24.0 Å².